The molecule has 0 atom stereocenters. The lowest BCUT2D eigenvalue weighted by molar-refractivity contribution is -0.140. The second-order valence-electron chi connectivity index (χ2n) is 2.63. The summed E-state index contributed by atoms with van der Waals surface area (Å²) in [5.41, 5.74) is 3.51. The van der Waals surface area contributed by atoms with Crippen molar-refractivity contribution in [3.8, 4) is 0 Å². The van der Waals surface area contributed by atoms with Crippen molar-refractivity contribution < 1.29 is 17.6 Å². The summed E-state index contributed by atoms with van der Waals surface area (Å²) in [6, 6.07) is 1.59. The predicted octanol–water partition coefficient (Wildman–Crippen LogP) is 3.17. The van der Waals surface area contributed by atoms with E-state index in [1.54, 1.807) is 0 Å². The lowest BCUT2D eigenvalue weighted by Gasteiger charge is -2.11. The highest BCUT2D eigenvalue weighted by atomic mass is 35.5. The van der Waals surface area contributed by atoms with Crippen LogP contribution in [0.1, 0.15) is 11.1 Å². The van der Waals surface area contributed by atoms with Gasteiger partial charge in [0.1, 0.15) is 5.82 Å². The molecule has 0 heterocycles. The molecule has 1 nitrogen and oxygen atoms in total. The minimum atomic E-state index is -4.72. The maximum absolute atomic E-state index is 13.1. The number of anilines is 1. The first-order chi connectivity index (χ1) is 6.38. The first kappa shape index (κ1) is 11.1. The first-order valence-corrected chi connectivity index (χ1v) is 4.11. The molecule has 0 aliphatic carbocycles. The molecule has 1 aromatic rings. The van der Waals surface area contributed by atoms with Crippen LogP contribution < -0.4 is 5.73 Å². The number of rotatable bonds is 1. The third kappa shape index (κ3) is 1.92. The lowest BCUT2D eigenvalue weighted by Crippen LogP contribution is -2.11. The highest BCUT2D eigenvalue weighted by Crippen LogP contribution is 2.34. The third-order valence-electron chi connectivity index (χ3n) is 1.72. The summed E-state index contributed by atoms with van der Waals surface area (Å²) in [6.07, 6.45) is -4.72. The molecule has 0 radical (unpaired) electrons. The lowest BCUT2D eigenvalue weighted by atomic mass is 10.1. The summed E-state index contributed by atoms with van der Waals surface area (Å²) in [6.45, 7) is 0. The molecule has 1 rings (SSSR count). The maximum atomic E-state index is 13.1. The molecule has 0 aliphatic heterocycles. The zero-order valence-corrected chi connectivity index (χ0v) is 7.58. The Morgan fingerprint density at radius 3 is 2.29 bits per heavy atom. The summed E-state index contributed by atoms with van der Waals surface area (Å²) in [7, 11) is 0. The number of hydrogen-bond donors (Lipinski definition) is 1. The van der Waals surface area contributed by atoms with Crippen molar-refractivity contribution in [1.82, 2.24) is 0 Å². The number of hydrogen-bond acceptors (Lipinski definition) is 1. The van der Waals surface area contributed by atoms with Crippen LogP contribution in [0, 0.1) is 5.82 Å². The van der Waals surface area contributed by atoms with E-state index in [2.05, 4.69) is 0 Å². The van der Waals surface area contributed by atoms with E-state index in [4.69, 9.17) is 17.3 Å². The predicted molar refractivity (Wildman–Crippen MR) is 45.4 cm³/mol. The normalized spacial score (nSPS) is 11.8. The van der Waals surface area contributed by atoms with E-state index in [9.17, 15) is 17.6 Å². The molecule has 14 heavy (non-hydrogen) atoms. The molecule has 0 saturated heterocycles. The highest BCUT2D eigenvalue weighted by molar-refractivity contribution is 6.17. The summed E-state index contributed by atoms with van der Waals surface area (Å²) in [4.78, 5) is 0. The summed E-state index contributed by atoms with van der Waals surface area (Å²) < 4.78 is 49.7. The zero-order valence-electron chi connectivity index (χ0n) is 6.83. The number of alkyl halides is 4. The second kappa shape index (κ2) is 3.65. The minimum Gasteiger partial charge on any atom is -0.398 e. The standard InChI is InChI=1S/C8H6ClF4N/c9-3-4-6(14)2-1-5(7(4)10)8(11,12)13/h1-2H,3,14H2. The topological polar surface area (TPSA) is 26.0 Å². The van der Waals surface area contributed by atoms with Crippen LogP contribution in [0.4, 0.5) is 23.2 Å². The van der Waals surface area contributed by atoms with Crippen LogP contribution in [0.3, 0.4) is 0 Å². The van der Waals surface area contributed by atoms with Crippen LogP contribution in [-0.2, 0) is 12.1 Å². The fraction of sp³-hybridized carbons (Fsp3) is 0.250. The van der Waals surface area contributed by atoms with E-state index in [-0.39, 0.29) is 17.1 Å². The van der Waals surface area contributed by atoms with E-state index < -0.39 is 17.6 Å². The van der Waals surface area contributed by atoms with E-state index in [1.165, 1.54) is 0 Å². The largest absolute Gasteiger partial charge is 0.419 e. The first-order valence-electron chi connectivity index (χ1n) is 3.58. The van der Waals surface area contributed by atoms with E-state index in [1.807, 2.05) is 0 Å². The Morgan fingerprint density at radius 1 is 1.29 bits per heavy atom. The number of halogens is 5. The third-order valence-corrected chi connectivity index (χ3v) is 1.99. The van der Waals surface area contributed by atoms with Crippen molar-refractivity contribution in [2.24, 2.45) is 0 Å². The number of nitrogen functional groups attached to an aromatic ring is 1. The van der Waals surface area contributed by atoms with Crippen LogP contribution in [0.5, 0.6) is 0 Å². The van der Waals surface area contributed by atoms with Gasteiger partial charge in [0.15, 0.2) is 0 Å². The van der Waals surface area contributed by atoms with Gasteiger partial charge in [-0.25, -0.2) is 4.39 Å². The minimum absolute atomic E-state index is 0.0782. The van der Waals surface area contributed by atoms with Crippen LogP contribution in [0.25, 0.3) is 0 Å². The quantitative estimate of drug-likeness (QED) is 0.445. The summed E-state index contributed by atoms with van der Waals surface area (Å²) >= 11 is 5.27. The van der Waals surface area contributed by atoms with E-state index in [0.717, 1.165) is 6.07 Å². The van der Waals surface area contributed by atoms with Gasteiger partial charge in [-0.15, -0.1) is 11.6 Å². The van der Waals surface area contributed by atoms with E-state index >= 15 is 0 Å². The Kier molecular flexibility index (Phi) is 2.89. The zero-order chi connectivity index (χ0) is 10.9. The molecule has 0 aliphatic rings. The highest BCUT2D eigenvalue weighted by Gasteiger charge is 2.35. The van der Waals surface area contributed by atoms with Gasteiger partial charge in [-0.3, -0.25) is 0 Å². The van der Waals surface area contributed by atoms with Gasteiger partial charge in [0, 0.05) is 11.3 Å². The smallest absolute Gasteiger partial charge is 0.398 e. The van der Waals surface area contributed by atoms with Gasteiger partial charge in [-0.2, -0.15) is 13.2 Å². The summed E-state index contributed by atoms with van der Waals surface area (Å²) in [5, 5.41) is 0. The van der Waals surface area contributed by atoms with E-state index in [0.29, 0.717) is 6.07 Å². The molecule has 0 unspecified atom stereocenters. The van der Waals surface area contributed by atoms with Crippen LogP contribution in [0.2, 0.25) is 0 Å². The summed E-state index contributed by atoms with van der Waals surface area (Å²) in [5.74, 6) is -1.78. The van der Waals surface area contributed by atoms with Crippen molar-refractivity contribution in [3.05, 3.63) is 29.1 Å². The van der Waals surface area contributed by atoms with Crippen molar-refractivity contribution >= 4 is 17.3 Å². The van der Waals surface area contributed by atoms with Gasteiger partial charge >= 0.3 is 6.18 Å². The molecule has 0 spiro atoms. The van der Waals surface area contributed by atoms with Crippen molar-refractivity contribution in [2.45, 2.75) is 12.1 Å². The molecule has 1 aromatic carbocycles. The SMILES string of the molecule is Nc1ccc(C(F)(F)F)c(F)c1CCl. The molecular weight excluding hydrogens is 222 g/mol. The monoisotopic (exact) mass is 227 g/mol. The Balaban J connectivity index is 3.36. The Hall–Kier alpha value is -0.970. The van der Waals surface area contributed by atoms with Gasteiger partial charge in [0.05, 0.1) is 11.4 Å². The molecule has 0 amide bonds. The fourth-order valence-electron chi connectivity index (χ4n) is 0.991. The van der Waals surface area contributed by atoms with Crippen molar-refractivity contribution in [2.75, 3.05) is 5.73 Å². The van der Waals surface area contributed by atoms with Crippen molar-refractivity contribution in [1.29, 1.82) is 0 Å². The molecule has 2 N–H and O–H groups in total. The van der Waals surface area contributed by atoms with Gasteiger partial charge < -0.3 is 5.73 Å². The molecule has 6 heteroatoms. The molecule has 0 saturated carbocycles. The Bertz CT molecular complexity index is 348. The Morgan fingerprint density at radius 2 is 1.86 bits per heavy atom. The molecule has 0 aromatic heterocycles. The molecule has 0 fully saturated rings. The van der Waals surface area contributed by atoms with Crippen LogP contribution in [-0.4, -0.2) is 0 Å². The molecular formula is C8H6ClF4N. The van der Waals surface area contributed by atoms with Gasteiger partial charge in [-0.05, 0) is 12.1 Å². The second-order valence-corrected chi connectivity index (χ2v) is 2.89. The number of nitrogens with two attached hydrogens (primary N) is 1. The fourth-order valence-corrected chi connectivity index (χ4v) is 1.26. The average molecular weight is 228 g/mol. The van der Waals surface area contributed by atoms with Gasteiger partial charge in [0.25, 0.3) is 0 Å². The van der Waals surface area contributed by atoms with Gasteiger partial charge in [-0.1, -0.05) is 0 Å². The molecule has 78 valence electrons. The maximum Gasteiger partial charge on any atom is 0.419 e. The van der Waals surface area contributed by atoms with Crippen molar-refractivity contribution in [3.63, 3.8) is 0 Å². The van der Waals surface area contributed by atoms with Crippen LogP contribution >= 0.6 is 11.6 Å². The molecule has 0 bridgehead atoms. The van der Waals surface area contributed by atoms with Crippen LogP contribution in [0.15, 0.2) is 12.1 Å². The average Bonchev–Trinajstić information content (AvgIpc) is 2.02. The van der Waals surface area contributed by atoms with Gasteiger partial charge in [0.2, 0.25) is 0 Å². The number of benzene rings is 1. The Labute approximate surface area is 82.5 Å².